The van der Waals surface area contributed by atoms with Gasteiger partial charge >= 0.3 is 0 Å². The number of pyridine rings is 1. The van der Waals surface area contributed by atoms with Gasteiger partial charge in [0.2, 0.25) is 11.9 Å². The number of hydrogen-bond acceptors (Lipinski definition) is 5. The summed E-state index contributed by atoms with van der Waals surface area (Å²) in [7, 11) is 0. The van der Waals surface area contributed by atoms with Crippen LogP contribution in [0.2, 0.25) is 0 Å². The van der Waals surface area contributed by atoms with Crippen LogP contribution in [0, 0.1) is 5.92 Å². The summed E-state index contributed by atoms with van der Waals surface area (Å²) in [4.78, 5) is 26.6. The van der Waals surface area contributed by atoms with Crippen LogP contribution in [0.5, 0.6) is 0 Å². The van der Waals surface area contributed by atoms with Gasteiger partial charge in [0, 0.05) is 25.5 Å². The standard InChI is InChI=1S/C15H17N5O/c16-14(21)11-4-3-9-20(10-11)15-18-8-6-13(19-15)12-5-1-2-7-17-12/h1-2,5-8,11H,3-4,9-10H2,(H2,16,21). The average molecular weight is 283 g/mol. The van der Waals surface area contributed by atoms with Crippen molar-refractivity contribution in [2.75, 3.05) is 18.0 Å². The average Bonchev–Trinajstić information content (AvgIpc) is 2.56. The molecule has 1 aliphatic rings. The number of nitrogens with two attached hydrogens (primary N) is 1. The molecule has 6 heteroatoms. The first kappa shape index (κ1) is 13.5. The van der Waals surface area contributed by atoms with E-state index >= 15 is 0 Å². The van der Waals surface area contributed by atoms with Gasteiger partial charge in [-0.3, -0.25) is 9.78 Å². The van der Waals surface area contributed by atoms with Gasteiger partial charge in [-0.15, -0.1) is 0 Å². The third-order valence-corrected chi connectivity index (χ3v) is 3.68. The molecule has 0 bridgehead atoms. The highest BCUT2D eigenvalue weighted by molar-refractivity contribution is 5.77. The van der Waals surface area contributed by atoms with Gasteiger partial charge in [-0.05, 0) is 31.0 Å². The molecule has 3 rings (SSSR count). The smallest absolute Gasteiger partial charge is 0.225 e. The molecule has 108 valence electrons. The van der Waals surface area contributed by atoms with Crippen LogP contribution in [0.15, 0.2) is 36.7 Å². The molecule has 0 spiro atoms. The van der Waals surface area contributed by atoms with Crippen LogP contribution in [-0.4, -0.2) is 33.9 Å². The van der Waals surface area contributed by atoms with Gasteiger partial charge in [-0.2, -0.15) is 0 Å². The number of piperidine rings is 1. The van der Waals surface area contributed by atoms with E-state index < -0.39 is 0 Å². The van der Waals surface area contributed by atoms with Crippen LogP contribution in [0.4, 0.5) is 5.95 Å². The summed E-state index contributed by atoms with van der Waals surface area (Å²) in [5, 5.41) is 0. The minimum Gasteiger partial charge on any atom is -0.369 e. The van der Waals surface area contributed by atoms with Crippen molar-refractivity contribution in [3.63, 3.8) is 0 Å². The summed E-state index contributed by atoms with van der Waals surface area (Å²) in [6, 6.07) is 7.54. The SMILES string of the molecule is NC(=O)C1CCCN(c2nccc(-c3ccccn3)n2)C1. The van der Waals surface area contributed by atoms with Crippen LogP contribution in [-0.2, 0) is 4.79 Å². The second-order valence-electron chi connectivity index (χ2n) is 5.14. The Balaban J connectivity index is 1.84. The number of amides is 1. The molecule has 3 heterocycles. The van der Waals surface area contributed by atoms with Crippen LogP contribution in [0.25, 0.3) is 11.4 Å². The summed E-state index contributed by atoms with van der Waals surface area (Å²) in [5.74, 6) is 0.255. The fourth-order valence-electron chi connectivity index (χ4n) is 2.55. The van der Waals surface area contributed by atoms with Gasteiger partial charge in [0.1, 0.15) is 0 Å². The van der Waals surface area contributed by atoms with Gasteiger partial charge in [-0.1, -0.05) is 6.07 Å². The van der Waals surface area contributed by atoms with Crippen molar-refractivity contribution in [1.82, 2.24) is 15.0 Å². The summed E-state index contributed by atoms with van der Waals surface area (Å²) in [6.07, 6.45) is 5.22. The van der Waals surface area contributed by atoms with E-state index in [1.807, 2.05) is 29.2 Å². The molecular formula is C15H17N5O. The van der Waals surface area contributed by atoms with E-state index in [1.165, 1.54) is 0 Å². The number of primary amides is 1. The van der Waals surface area contributed by atoms with Crippen LogP contribution in [0.1, 0.15) is 12.8 Å². The van der Waals surface area contributed by atoms with E-state index in [1.54, 1.807) is 12.4 Å². The molecule has 0 radical (unpaired) electrons. The van der Waals surface area contributed by atoms with Crippen LogP contribution < -0.4 is 10.6 Å². The molecule has 1 atom stereocenters. The molecule has 2 N–H and O–H groups in total. The molecule has 1 unspecified atom stereocenters. The van der Waals surface area contributed by atoms with Crippen molar-refractivity contribution in [3.05, 3.63) is 36.7 Å². The number of carbonyl (C=O) groups is 1. The first-order chi connectivity index (χ1) is 10.2. The van der Waals surface area contributed by atoms with E-state index in [-0.39, 0.29) is 11.8 Å². The maximum absolute atomic E-state index is 11.4. The molecule has 0 aliphatic carbocycles. The Bertz CT molecular complexity index is 631. The highest BCUT2D eigenvalue weighted by Gasteiger charge is 2.25. The van der Waals surface area contributed by atoms with E-state index in [9.17, 15) is 4.79 Å². The number of anilines is 1. The second kappa shape index (κ2) is 5.87. The molecule has 2 aromatic heterocycles. The monoisotopic (exact) mass is 283 g/mol. The van der Waals surface area contributed by atoms with Crippen molar-refractivity contribution in [3.8, 4) is 11.4 Å². The Morgan fingerprint density at radius 3 is 2.86 bits per heavy atom. The molecule has 1 fully saturated rings. The number of nitrogens with zero attached hydrogens (tertiary/aromatic N) is 4. The molecule has 6 nitrogen and oxygen atoms in total. The molecule has 1 aliphatic heterocycles. The first-order valence-electron chi connectivity index (χ1n) is 7.03. The number of aromatic nitrogens is 3. The lowest BCUT2D eigenvalue weighted by Crippen LogP contribution is -2.41. The summed E-state index contributed by atoms with van der Waals surface area (Å²) in [5.41, 5.74) is 7.00. The predicted molar refractivity (Wildman–Crippen MR) is 79.4 cm³/mol. The molecule has 1 amide bonds. The first-order valence-corrected chi connectivity index (χ1v) is 7.03. The fourth-order valence-corrected chi connectivity index (χ4v) is 2.55. The van der Waals surface area contributed by atoms with Gasteiger partial charge in [0.05, 0.1) is 17.3 Å². The zero-order valence-electron chi connectivity index (χ0n) is 11.6. The van der Waals surface area contributed by atoms with Gasteiger partial charge in [0.15, 0.2) is 0 Å². The van der Waals surface area contributed by atoms with Gasteiger partial charge in [0.25, 0.3) is 0 Å². The molecule has 2 aromatic rings. The quantitative estimate of drug-likeness (QED) is 0.916. The number of carbonyl (C=O) groups excluding carboxylic acids is 1. The van der Waals surface area contributed by atoms with Gasteiger partial charge < -0.3 is 10.6 Å². The van der Waals surface area contributed by atoms with E-state index in [0.717, 1.165) is 30.8 Å². The number of hydrogen-bond donors (Lipinski definition) is 1. The van der Waals surface area contributed by atoms with Crippen molar-refractivity contribution in [1.29, 1.82) is 0 Å². The third kappa shape index (κ3) is 2.99. The molecule has 21 heavy (non-hydrogen) atoms. The van der Waals surface area contributed by atoms with E-state index in [0.29, 0.717) is 12.5 Å². The zero-order chi connectivity index (χ0) is 14.7. The molecule has 0 saturated carbocycles. The Morgan fingerprint density at radius 1 is 1.19 bits per heavy atom. The predicted octanol–water partition coefficient (Wildman–Crippen LogP) is 1.24. The molecule has 1 saturated heterocycles. The lowest BCUT2D eigenvalue weighted by atomic mass is 9.98. The highest BCUT2D eigenvalue weighted by Crippen LogP contribution is 2.22. The van der Waals surface area contributed by atoms with Crippen molar-refractivity contribution in [2.24, 2.45) is 11.7 Å². The highest BCUT2D eigenvalue weighted by atomic mass is 16.1. The Morgan fingerprint density at radius 2 is 2.10 bits per heavy atom. The maximum atomic E-state index is 11.4. The Kier molecular flexibility index (Phi) is 3.77. The maximum Gasteiger partial charge on any atom is 0.225 e. The summed E-state index contributed by atoms with van der Waals surface area (Å²) >= 11 is 0. The minimum atomic E-state index is -0.249. The fraction of sp³-hybridized carbons (Fsp3) is 0.333. The zero-order valence-corrected chi connectivity index (χ0v) is 11.6. The van der Waals surface area contributed by atoms with E-state index in [4.69, 9.17) is 5.73 Å². The number of rotatable bonds is 3. The normalized spacial score (nSPS) is 18.5. The molecule has 0 aromatic carbocycles. The Hall–Kier alpha value is -2.50. The summed E-state index contributed by atoms with van der Waals surface area (Å²) < 4.78 is 0. The molecular weight excluding hydrogens is 266 g/mol. The summed E-state index contributed by atoms with van der Waals surface area (Å²) in [6.45, 7) is 1.43. The third-order valence-electron chi connectivity index (χ3n) is 3.68. The van der Waals surface area contributed by atoms with Gasteiger partial charge in [-0.25, -0.2) is 9.97 Å². The van der Waals surface area contributed by atoms with Crippen molar-refractivity contribution in [2.45, 2.75) is 12.8 Å². The van der Waals surface area contributed by atoms with Crippen molar-refractivity contribution < 1.29 is 4.79 Å². The van der Waals surface area contributed by atoms with Crippen molar-refractivity contribution >= 4 is 11.9 Å². The van der Waals surface area contributed by atoms with Crippen LogP contribution >= 0.6 is 0 Å². The minimum absolute atomic E-state index is 0.124. The largest absolute Gasteiger partial charge is 0.369 e. The van der Waals surface area contributed by atoms with Crippen LogP contribution in [0.3, 0.4) is 0 Å². The van der Waals surface area contributed by atoms with E-state index in [2.05, 4.69) is 15.0 Å². The Labute approximate surface area is 123 Å². The second-order valence-corrected chi connectivity index (χ2v) is 5.14. The topological polar surface area (TPSA) is 85.0 Å². The lowest BCUT2D eigenvalue weighted by Gasteiger charge is -2.31. The lowest BCUT2D eigenvalue weighted by molar-refractivity contribution is -0.122.